The van der Waals surface area contributed by atoms with Gasteiger partial charge in [0.1, 0.15) is 11.3 Å². The Kier molecular flexibility index (Phi) is 4.89. The van der Waals surface area contributed by atoms with Gasteiger partial charge >= 0.3 is 0 Å². The molecule has 150 valence electrons. The van der Waals surface area contributed by atoms with Crippen molar-refractivity contribution in [1.29, 1.82) is 0 Å². The number of benzene rings is 1. The first-order valence-corrected chi connectivity index (χ1v) is 10.2. The molecule has 5 rings (SSSR count). The van der Waals surface area contributed by atoms with Crippen LogP contribution in [0.4, 0.5) is 5.82 Å². The highest BCUT2D eigenvalue weighted by Crippen LogP contribution is 2.31. The molecular formula is C22H24N4O3. The van der Waals surface area contributed by atoms with E-state index >= 15 is 0 Å². The normalized spacial score (nSPS) is 18.3. The number of oxazole rings is 1. The lowest BCUT2D eigenvalue weighted by Gasteiger charge is -2.31. The summed E-state index contributed by atoms with van der Waals surface area (Å²) >= 11 is 0. The van der Waals surface area contributed by atoms with Gasteiger partial charge in [0.15, 0.2) is 11.5 Å². The molecule has 0 unspecified atom stereocenters. The molecule has 1 aromatic carbocycles. The van der Waals surface area contributed by atoms with Crippen molar-refractivity contribution < 1.29 is 13.9 Å². The van der Waals surface area contributed by atoms with Gasteiger partial charge in [-0.3, -0.25) is 4.79 Å². The summed E-state index contributed by atoms with van der Waals surface area (Å²) in [6, 6.07) is 11.7. The number of aromatic nitrogens is 2. The zero-order chi connectivity index (χ0) is 19.6. The van der Waals surface area contributed by atoms with E-state index < -0.39 is 0 Å². The fourth-order valence-corrected chi connectivity index (χ4v) is 4.07. The molecule has 2 aliphatic heterocycles. The summed E-state index contributed by atoms with van der Waals surface area (Å²) in [5, 5.41) is 0. The topological polar surface area (TPSA) is 71.7 Å². The van der Waals surface area contributed by atoms with Crippen molar-refractivity contribution in [1.82, 2.24) is 14.9 Å². The van der Waals surface area contributed by atoms with Crippen LogP contribution >= 0.6 is 0 Å². The second-order valence-corrected chi connectivity index (χ2v) is 7.59. The molecule has 0 aliphatic carbocycles. The van der Waals surface area contributed by atoms with Gasteiger partial charge in [0.05, 0.1) is 18.8 Å². The Morgan fingerprint density at radius 2 is 1.79 bits per heavy atom. The number of hydrogen-bond donors (Lipinski definition) is 0. The van der Waals surface area contributed by atoms with Crippen LogP contribution in [0, 0.1) is 0 Å². The van der Waals surface area contributed by atoms with Gasteiger partial charge in [-0.05, 0) is 37.1 Å². The fraction of sp³-hybridized carbons (Fsp3) is 0.409. The number of ether oxygens (including phenoxy) is 1. The van der Waals surface area contributed by atoms with E-state index in [1.165, 1.54) is 0 Å². The van der Waals surface area contributed by atoms with E-state index in [2.05, 4.69) is 14.9 Å². The number of rotatable bonds is 3. The minimum absolute atomic E-state index is 0.0296. The van der Waals surface area contributed by atoms with Gasteiger partial charge in [0.2, 0.25) is 0 Å². The number of carbonyl (C=O) groups excluding carboxylic acids is 1. The minimum Gasteiger partial charge on any atom is -0.440 e. The fourth-order valence-electron chi connectivity index (χ4n) is 4.07. The first-order chi connectivity index (χ1) is 14.3. The second-order valence-electron chi connectivity index (χ2n) is 7.59. The predicted molar refractivity (Wildman–Crippen MR) is 109 cm³/mol. The molecule has 3 aromatic rings. The molecule has 4 heterocycles. The van der Waals surface area contributed by atoms with Crippen molar-refractivity contribution in [3.05, 3.63) is 54.0 Å². The lowest BCUT2D eigenvalue weighted by molar-refractivity contribution is 0.0302. The van der Waals surface area contributed by atoms with Crippen molar-refractivity contribution in [2.24, 2.45) is 0 Å². The Balaban J connectivity index is 1.22. The van der Waals surface area contributed by atoms with Gasteiger partial charge in [-0.1, -0.05) is 12.1 Å². The summed E-state index contributed by atoms with van der Waals surface area (Å²) in [5.41, 5.74) is 2.41. The molecule has 0 saturated carbocycles. The molecule has 7 heteroatoms. The van der Waals surface area contributed by atoms with Crippen molar-refractivity contribution in [2.75, 3.05) is 44.3 Å². The molecule has 2 fully saturated rings. The van der Waals surface area contributed by atoms with Crippen molar-refractivity contribution in [3.63, 3.8) is 0 Å². The molecule has 29 heavy (non-hydrogen) atoms. The highest BCUT2D eigenvalue weighted by atomic mass is 16.5. The van der Waals surface area contributed by atoms with Gasteiger partial charge in [-0.2, -0.15) is 0 Å². The summed E-state index contributed by atoms with van der Waals surface area (Å²) in [4.78, 5) is 25.9. The maximum absolute atomic E-state index is 12.6. The van der Waals surface area contributed by atoms with E-state index in [9.17, 15) is 4.79 Å². The number of piperidine rings is 1. The lowest BCUT2D eigenvalue weighted by Crippen LogP contribution is -2.40. The Hall–Kier alpha value is -2.93. The zero-order valence-electron chi connectivity index (χ0n) is 16.3. The van der Waals surface area contributed by atoms with Gasteiger partial charge in [0, 0.05) is 38.3 Å². The van der Waals surface area contributed by atoms with Crippen LogP contribution in [0.15, 0.2) is 47.0 Å². The third kappa shape index (κ3) is 3.70. The number of nitrogens with zero attached hydrogens (tertiary/aromatic N) is 4. The maximum atomic E-state index is 12.6. The third-order valence-corrected chi connectivity index (χ3v) is 5.77. The molecule has 2 aliphatic rings. The molecule has 0 spiro atoms. The summed E-state index contributed by atoms with van der Waals surface area (Å²) < 4.78 is 11.3. The Labute approximate surface area is 169 Å². The van der Waals surface area contributed by atoms with E-state index in [-0.39, 0.29) is 5.91 Å². The molecule has 0 atom stereocenters. The highest BCUT2D eigenvalue weighted by molar-refractivity contribution is 5.94. The molecule has 2 aromatic heterocycles. The summed E-state index contributed by atoms with van der Waals surface area (Å²) in [6.07, 6.45) is 3.64. The molecule has 1 amide bonds. The number of anilines is 1. The Morgan fingerprint density at radius 3 is 2.52 bits per heavy atom. The number of carbonyl (C=O) groups is 1. The van der Waals surface area contributed by atoms with E-state index in [4.69, 9.17) is 9.15 Å². The van der Waals surface area contributed by atoms with Crippen molar-refractivity contribution >= 4 is 22.8 Å². The standard InChI is InChI=1S/C22H24N4O3/c27-22(26-11-13-28-14-12-26)17-5-6-20(23-15-17)25-9-7-16(8-10-25)21-24-18-3-1-2-4-19(18)29-21/h1-6,15-16H,7-14H2. The number of pyridine rings is 1. The van der Waals surface area contributed by atoms with Gasteiger partial charge in [0.25, 0.3) is 5.91 Å². The Bertz CT molecular complexity index is 954. The van der Waals surface area contributed by atoms with Crippen LogP contribution in [-0.2, 0) is 4.74 Å². The monoisotopic (exact) mass is 392 g/mol. The summed E-state index contributed by atoms with van der Waals surface area (Å²) in [6.45, 7) is 4.28. The second kappa shape index (κ2) is 7.83. The smallest absolute Gasteiger partial charge is 0.255 e. The van der Waals surface area contributed by atoms with E-state index in [0.29, 0.717) is 37.8 Å². The van der Waals surface area contributed by atoms with Crippen molar-refractivity contribution in [3.8, 4) is 0 Å². The zero-order valence-corrected chi connectivity index (χ0v) is 16.3. The van der Waals surface area contributed by atoms with E-state index in [1.807, 2.05) is 41.3 Å². The SMILES string of the molecule is O=C(c1ccc(N2CCC(c3nc4ccccc4o3)CC2)nc1)N1CCOCC1. The van der Waals surface area contributed by atoms with Crippen LogP contribution in [0.3, 0.4) is 0 Å². The minimum atomic E-state index is 0.0296. The maximum Gasteiger partial charge on any atom is 0.255 e. The van der Waals surface area contributed by atoms with E-state index in [0.717, 1.165) is 48.7 Å². The number of morpholine rings is 1. The average molecular weight is 392 g/mol. The number of para-hydroxylation sites is 2. The summed E-state index contributed by atoms with van der Waals surface area (Å²) in [7, 11) is 0. The predicted octanol–water partition coefficient (Wildman–Crippen LogP) is 3.08. The highest BCUT2D eigenvalue weighted by Gasteiger charge is 2.26. The van der Waals surface area contributed by atoms with Gasteiger partial charge in [-0.15, -0.1) is 0 Å². The molecule has 0 N–H and O–H groups in total. The van der Waals surface area contributed by atoms with Crippen molar-refractivity contribution in [2.45, 2.75) is 18.8 Å². The average Bonchev–Trinajstić information content (AvgIpc) is 3.24. The number of hydrogen-bond acceptors (Lipinski definition) is 6. The van der Waals surface area contributed by atoms with Crippen LogP contribution in [0.1, 0.15) is 35.0 Å². The Morgan fingerprint density at radius 1 is 1.00 bits per heavy atom. The largest absolute Gasteiger partial charge is 0.440 e. The molecule has 0 bridgehead atoms. The molecule has 2 saturated heterocycles. The first-order valence-electron chi connectivity index (χ1n) is 10.2. The van der Waals surface area contributed by atoms with E-state index in [1.54, 1.807) is 6.20 Å². The van der Waals surface area contributed by atoms with Gasteiger partial charge in [-0.25, -0.2) is 9.97 Å². The summed E-state index contributed by atoms with van der Waals surface area (Å²) in [5.74, 6) is 2.12. The quantitative estimate of drug-likeness (QED) is 0.682. The number of fused-ring (bicyclic) bond motifs is 1. The van der Waals surface area contributed by atoms with Gasteiger partial charge < -0.3 is 19.0 Å². The lowest BCUT2D eigenvalue weighted by atomic mass is 9.97. The molecule has 0 radical (unpaired) electrons. The van der Waals surface area contributed by atoms with Crippen LogP contribution in [0.25, 0.3) is 11.1 Å². The van der Waals surface area contributed by atoms with Crippen LogP contribution < -0.4 is 4.90 Å². The molecule has 7 nitrogen and oxygen atoms in total. The first kappa shape index (κ1) is 18.1. The number of amides is 1. The van der Waals surface area contributed by atoms with Crippen LogP contribution in [0.2, 0.25) is 0 Å². The van der Waals surface area contributed by atoms with Crippen LogP contribution in [-0.4, -0.2) is 60.2 Å². The third-order valence-electron chi connectivity index (χ3n) is 5.77. The van der Waals surface area contributed by atoms with Crippen LogP contribution in [0.5, 0.6) is 0 Å². The molecular weight excluding hydrogens is 368 g/mol.